The van der Waals surface area contributed by atoms with Gasteiger partial charge in [0.1, 0.15) is 18.5 Å². The number of hydrogen-bond acceptors (Lipinski definition) is 8. The third-order valence-electron chi connectivity index (χ3n) is 6.48. The second-order valence-corrected chi connectivity index (χ2v) is 10.1. The van der Waals surface area contributed by atoms with Crippen molar-refractivity contribution in [3.05, 3.63) is 99.7 Å². The molecule has 1 aromatic heterocycles. The van der Waals surface area contributed by atoms with Gasteiger partial charge in [0.05, 0.1) is 22.8 Å². The molecule has 2 N–H and O–H groups in total. The molecule has 0 saturated carbocycles. The number of phenolic OH excluding ortho intramolecular Hbond substituents is 1. The van der Waals surface area contributed by atoms with Crippen molar-refractivity contribution < 1.29 is 14.6 Å². The van der Waals surface area contributed by atoms with Crippen LogP contribution in [0.5, 0.6) is 11.8 Å². The van der Waals surface area contributed by atoms with Crippen molar-refractivity contribution in [1.29, 1.82) is 0 Å². The summed E-state index contributed by atoms with van der Waals surface area (Å²) in [5.74, 6) is -0.173. The van der Waals surface area contributed by atoms with E-state index < -0.39 is 0 Å². The number of nitrogens with zero attached hydrogens (tertiary/aromatic N) is 4. The van der Waals surface area contributed by atoms with Crippen LogP contribution < -0.4 is 10.1 Å². The van der Waals surface area contributed by atoms with Crippen LogP contribution in [-0.2, 0) is 24.3 Å². The number of nitrogens with one attached hydrogen (secondary N) is 1. The maximum Gasteiger partial charge on any atom is 0.336 e. The Balaban J connectivity index is 1.17. The quantitative estimate of drug-likeness (QED) is 0.273. The third-order valence-corrected chi connectivity index (χ3v) is 7.05. The van der Waals surface area contributed by atoms with Gasteiger partial charge in [-0.15, -0.1) is 5.10 Å². The Hall–Kier alpha value is -3.27. The Labute approximate surface area is 237 Å². The summed E-state index contributed by atoms with van der Waals surface area (Å²) < 4.78 is 11.8. The van der Waals surface area contributed by atoms with E-state index in [1.807, 2.05) is 18.2 Å². The summed E-state index contributed by atoms with van der Waals surface area (Å²) in [5, 5.41) is 21.6. The zero-order valence-corrected chi connectivity index (χ0v) is 22.8. The van der Waals surface area contributed by atoms with E-state index >= 15 is 0 Å². The largest absolute Gasteiger partial charge is 0.505 e. The molecule has 1 atom stereocenters. The molecule has 10 heteroatoms. The van der Waals surface area contributed by atoms with Gasteiger partial charge < -0.3 is 19.9 Å². The zero-order valence-electron chi connectivity index (χ0n) is 21.3. The van der Waals surface area contributed by atoms with Crippen LogP contribution in [0.1, 0.15) is 16.7 Å². The molecule has 0 radical (unpaired) electrons. The van der Waals surface area contributed by atoms with Gasteiger partial charge in [-0.3, -0.25) is 4.90 Å². The molecule has 5 rings (SSSR count). The Bertz CT molecular complexity index is 1330. The Morgan fingerprint density at radius 2 is 1.72 bits per heavy atom. The molecule has 202 valence electrons. The predicted molar refractivity (Wildman–Crippen MR) is 151 cm³/mol. The number of aromatic hydroxyl groups is 1. The highest BCUT2D eigenvalue weighted by molar-refractivity contribution is 6.37. The van der Waals surface area contributed by atoms with Crippen LogP contribution >= 0.6 is 23.2 Å². The number of phenols is 1. The number of rotatable bonds is 10. The fourth-order valence-corrected chi connectivity index (χ4v) is 4.82. The average Bonchev–Trinajstić information content (AvgIpc) is 2.98. The highest BCUT2D eigenvalue weighted by atomic mass is 35.5. The first-order chi connectivity index (χ1) is 19.0. The monoisotopic (exact) mass is 565 g/mol. The van der Waals surface area contributed by atoms with E-state index in [2.05, 4.69) is 61.8 Å². The first kappa shape index (κ1) is 27.3. The first-order valence-corrected chi connectivity index (χ1v) is 13.5. The number of hydrogen-bond donors (Lipinski definition) is 2. The van der Waals surface area contributed by atoms with Gasteiger partial charge in [0.2, 0.25) is 0 Å². The number of halogens is 2. The molecule has 1 aliphatic rings. The highest BCUT2D eigenvalue weighted by Gasteiger charge is 2.21. The lowest BCUT2D eigenvalue weighted by molar-refractivity contribution is -0.0788. The molecule has 1 unspecified atom stereocenters. The third kappa shape index (κ3) is 7.44. The van der Waals surface area contributed by atoms with Crippen LogP contribution in [0.15, 0.2) is 72.9 Å². The standard InChI is InChI=1S/C29H29Cl2N5O3/c30-24-14-23(15-25(31)28(24)37)26-16-33-29(35-34-26)39-19-22-8-6-21(7-9-22)18-36(27-17-32-11-13-38-27)12-10-20-4-2-1-3-5-20/h1-9,14-16,27,32,37H,10-13,17-19H2. The lowest BCUT2D eigenvalue weighted by Crippen LogP contribution is -2.49. The number of ether oxygens (including phenoxy) is 2. The van der Waals surface area contributed by atoms with Gasteiger partial charge in [-0.1, -0.05) is 82.9 Å². The van der Waals surface area contributed by atoms with E-state index in [1.54, 1.807) is 12.1 Å². The van der Waals surface area contributed by atoms with Crippen LogP contribution in [0.2, 0.25) is 10.0 Å². The molecule has 0 aliphatic carbocycles. The smallest absolute Gasteiger partial charge is 0.336 e. The minimum absolute atomic E-state index is 0.0479. The molecule has 1 saturated heterocycles. The van der Waals surface area contributed by atoms with Gasteiger partial charge in [-0.2, -0.15) is 0 Å². The van der Waals surface area contributed by atoms with Crippen molar-refractivity contribution in [2.45, 2.75) is 25.8 Å². The second kappa shape index (κ2) is 13.2. The topological polar surface area (TPSA) is 92.6 Å². The predicted octanol–water partition coefficient (Wildman–Crippen LogP) is 5.12. The van der Waals surface area contributed by atoms with Crippen molar-refractivity contribution in [1.82, 2.24) is 25.4 Å². The molecule has 39 heavy (non-hydrogen) atoms. The van der Waals surface area contributed by atoms with Crippen molar-refractivity contribution in [3.8, 4) is 23.0 Å². The summed E-state index contributed by atoms with van der Waals surface area (Å²) in [6.45, 7) is 4.44. The minimum Gasteiger partial charge on any atom is -0.505 e. The summed E-state index contributed by atoms with van der Waals surface area (Å²) >= 11 is 12.0. The maximum atomic E-state index is 9.74. The van der Waals surface area contributed by atoms with E-state index in [0.717, 1.165) is 44.8 Å². The first-order valence-electron chi connectivity index (χ1n) is 12.7. The summed E-state index contributed by atoms with van der Waals surface area (Å²) in [6, 6.07) is 22.1. The Morgan fingerprint density at radius 3 is 2.38 bits per heavy atom. The maximum absolute atomic E-state index is 9.74. The zero-order chi connectivity index (χ0) is 27.0. The van der Waals surface area contributed by atoms with E-state index in [-0.39, 0.29) is 28.0 Å². The van der Waals surface area contributed by atoms with Crippen molar-refractivity contribution >= 4 is 23.2 Å². The van der Waals surface area contributed by atoms with Crippen LogP contribution in [0.3, 0.4) is 0 Å². The minimum atomic E-state index is -0.173. The van der Waals surface area contributed by atoms with Crippen LogP contribution in [0, 0.1) is 0 Å². The molecule has 1 fully saturated rings. The molecular weight excluding hydrogens is 537 g/mol. The molecule has 0 amide bonds. The van der Waals surface area contributed by atoms with Crippen molar-refractivity contribution in [2.75, 3.05) is 26.2 Å². The summed E-state index contributed by atoms with van der Waals surface area (Å²) in [6.07, 6.45) is 2.54. The fraction of sp³-hybridized carbons (Fsp3) is 0.276. The average molecular weight is 566 g/mol. The molecule has 2 heterocycles. The Morgan fingerprint density at radius 1 is 0.974 bits per heavy atom. The van der Waals surface area contributed by atoms with Gasteiger partial charge >= 0.3 is 6.01 Å². The van der Waals surface area contributed by atoms with Gasteiger partial charge in [0.15, 0.2) is 5.75 Å². The number of aromatic nitrogens is 3. The van der Waals surface area contributed by atoms with Crippen LogP contribution in [0.25, 0.3) is 11.3 Å². The molecular formula is C29H29Cl2N5O3. The summed E-state index contributed by atoms with van der Waals surface area (Å²) in [5.41, 5.74) is 4.57. The van der Waals surface area contributed by atoms with E-state index in [4.69, 9.17) is 32.7 Å². The van der Waals surface area contributed by atoms with E-state index in [0.29, 0.717) is 17.9 Å². The van der Waals surface area contributed by atoms with E-state index in [9.17, 15) is 5.11 Å². The second-order valence-electron chi connectivity index (χ2n) is 9.26. The number of benzene rings is 3. The van der Waals surface area contributed by atoms with Crippen molar-refractivity contribution in [3.63, 3.8) is 0 Å². The SMILES string of the molecule is Oc1c(Cl)cc(-c2cnc(OCc3ccc(CN(CCc4ccccc4)C4CNCCO4)cc3)nn2)cc1Cl. The molecule has 4 aromatic rings. The Kier molecular flexibility index (Phi) is 9.23. The molecule has 0 spiro atoms. The molecule has 8 nitrogen and oxygen atoms in total. The highest BCUT2D eigenvalue weighted by Crippen LogP contribution is 2.35. The summed E-state index contributed by atoms with van der Waals surface area (Å²) in [7, 11) is 0. The van der Waals surface area contributed by atoms with Crippen molar-refractivity contribution in [2.24, 2.45) is 0 Å². The van der Waals surface area contributed by atoms with Crippen LogP contribution in [-0.4, -0.2) is 57.7 Å². The summed E-state index contributed by atoms with van der Waals surface area (Å²) in [4.78, 5) is 6.62. The lowest BCUT2D eigenvalue weighted by Gasteiger charge is -2.34. The fourth-order valence-electron chi connectivity index (χ4n) is 4.33. The van der Waals surface area contributed by atoms with Crippen LogP contribution in [0.4, 0.5) is 0 Å². The van der Waals surface area contributed by atoms with Gasteiger partial charge in [-0.05, 0) is 35.2 Å². The normalized spacial score (nSPS) is 15.4. The molecule has 3 aromatic carbocycles. The van der Waals surface area contributed by atoms with Gasteiger partial charge in [0, 0.05) is 31.7 Å². The molecule has 0 bridgehead atoms. The molecule has 1 aliphatic heterocycles. The number of morpholine rings is 1. The van der Waals surface area contributed by atoms with Gasteiger partial charge in [0.25, 0.3) is 0 Å². The van der Waals surface area contributed by atoms with Gasteiger partial charge in [-0.25, -0.2) is 4.98 Å². The van der Waals surface area contributed by atoms with E-state index in [1.165, 1.54) is 17.3 Å². The lowest BCUT2D eigenvalue weighted by atomic mass is 10.1.